The van der Waals surface area contributed by atoms with Gasteiger partial charge in [-0.1, -0.05) is 85.9 Å². The number of rotatable bonds is 11. The third kappa shape index (κ3) is 7.11. The lowest BCUT2D eigenvalue weighted by Crippen LogP contribution is -2.15. The molecule has 0 bridgehead atoms. The predicted molar refractivity (Wildman–Crippen MR) is 237 cm³/mol. The van der Waals surface area contributed by atoms with Crippen LogP contribution in [0.15, 0.2) is 109 Å². The van der Waals surface area contributed by atoms with Crippen LogP contribution < -0.4 is 10.6 Å². The van der Waals surface area contributed by atoms with Crippen LogP contribution in [-0.4, -0.2) is 15.7 Å². The van der Waals surface area contributed by atoms with Gasteiger partial charge in [-0.25, -0.2) is 0 Å². The molecule has 3 atom stereocenters. The SMILES string of the molecule is CC=CCC=CCC1C=Cc2c(c3c(n2-c2ccc(-c4ccc(-n5c6c(c7c5C=CCN7)CC(C(C)C=CCC=CC)C=C6)cc4C)c(C)c2)C=CNC3)C1. The maximum Gasteiger partial charge on any atom is 0.0694 e. The van der Waals surface area contributed by atoms with Gasteiger partial charge in [0.1, 0.15) is 0 Å². The zero-order chi connectivity index (χ0) is 37.9. The fourth-order valence-electron chi connectivity index (χ4n) is 9.08. The molecule has 0 saturated heterocycles. The fourth-order valence-corrected chi connectivity index (χ4v) is 9.08. The highest BCUT2D eigenvalue weighted by molar-refractivity contribution is 5.81. The molecule has 4 aliphatic rings. The van der Waals surface area contributed by atoms with Crippen molar-refractivity contribution in [2.45, 2.75) is 73.3 Å². The van der Waals surface area contributed by atoms with Gasteiger partial charge in [0.2, 0.25) is 0 Å². The lowest BCUT2D eigenvalue weighted by Gasteiger charge is -2.23. The highest BCUT2D eigenvalue weighted by atomic mass is 15.1. The van der Waals surface area contributed by atoms with Crippen LogP contribution in [-0.2, 0) is 19.4 Å². The van der Waals surface area contributed by atoms with Gasteiger partial charge in [0.25, 0.3) is 0 Å². The Kier molecular flexibility index (Phi) is 10.7. The minimum absolute atomic E-state index is 0.486. The number of allylic oxidation sites excluding steroid dienone is 10. The second-order valence-electron chi connectivity index (χ2n) is 15.7. The van der Waals surface area contributed by atoms with Crippen LogP contribution in [0.4, 0.5) is 5.69 Å². The van der Waals surface area contributed by atoms with Crippen molar-refractivity contribution in [3.8, 4) is 22.5 Å². The summed E-state index contributed by atoms with van der Waals surface area (Å²) in [4.78, 5) is 0. The van der Waals surface area contributed by atoms with E-state index in [1.165, 1.54) is 78.8 Å². The van der Waals surface area contributed by atoms with Crippen molar-refractivity contribution >= 4 is 30.0 Å². The number of aryl methyl sites for hydroxylation is 2. The van der Waals surface area contributed by atoms with E-state index in [1.807, 2.05) is 0 Å². The number of hydrogen-bond acceptors (Lipinski definition) is 2. The van der Waals surface area contributed by atoms with Crippen LogP contribution in [0.1, 0.15) is 90.6 Å². The van der Waals surface area contributed by atoms with Gasteiger partial charge < -0.3 is 19.8 Å². The highest BCUT2D eigenvalue weighted by Crippen LogP contribution is 2.42. The van der Waals surface area contributed by atoms with Gasteiger partial charge in [0, 0.05) is 41.3 Å². The Labute approximate surface area is 328 Å². The zero-order valence-electron chi connectivity index (χ0n) is 33.3. The molecule has 4 heterocycles. The first kappa shape index (κ1) is 36.5. The van der Waals surface area contributed by atoms with E-state index >= 15 is 0 Å². The number of hydrogen-bond donors (Lipinski definition) is 2. The molecule has 0 spiro atoms. The summed E-state index contributed by atoms with van der Waals surface area (Å²) in [7, 11) is 0. The zero-order valence-corrected chi connectivity index (χ0v) is 33.3. The van der Waals surface area contributed by atoms with Crippen molar-refractivity contribution in [3.63, 3.8) is 0 Å². The average molecular weight is 725 g/mol. The van der Waals surface area contributed by atoms with Crippen LogP contribution in [0.5, 0.6) is 0 Å². The molecule has 2 aromatic carbocycles. The van der Waals surface area contributed by atoms with Gasteiger partial charge in [-0.15, -0.1) is 0 Å². The Morgan fingerprint density at radius 3 is 2.11 bits per heavy atom. The predicted octanol–water partition coefficient (Wildman–Crippen LogP) is 12.5. The van der Waals surface area contributed by atoms with Crippen molar-refractivity contribution in [2.75, 3.05) is 11.9 Å². The van der Waals surface area contributed by atoms with Crippen molar-refractivity contribution in [3.05, 3.63) is 160 Å². The van der Waals surface area contributed by atoms with E-state index in [0.717, 1.165) is 45.2 Å². The quantitative estimate of drug-likeness (QED) is 0.151. The Bertz CT molecular complexity index is 2320. The van der Waals surface area contributed by atoms with Crippen LogP contribution in [0, 0.1) is 31.6 Å². The molecule has 0 radical (unpaired) electrons. The number of anilines is 1. The standard InChI is InChI=1S/C51H56N4/c1-6-8-10-12-14-17-38-19-25-47-44(32-38)46-34-52-29-27-49(46)54(47)40-21-23-42(36(4)30-40)43-24-22-41(31-37(43)5)55-48-26-20-39(35(3)16-13-11-9-7-2)33-45(48)51-50(55)18-15-28-53-51/h6-9,12-16,18-27,29-31,35,38-39,52-53H,10-11,17,28,32-34H2,1-5H3. The van der Waals surface area contributed by atoms with Gasteiger partial charge in [0.15, 0.2) is 0 Å². The van der Waals surface area contributed by atoms with Crippen molar-refractivity contribution in [1.29, 1.82) is 0 Å². The molecule has 2 aliphatic carbocycles. The molecule has 2 N–H and O–H groups in total. The summed E-state index contributed by atoms with van der Waals surface area (Å²) in [5.41, 5.74) is 18.5. The molecule has 280 valence electrons. The van der Waals surface area contributed by atoms with Crippen molar-refractivity contribution in [1.82, 2.24) is 14.5 Å². The monoisotopic (exact) mass is 724 g/mol. The lowest BCUT2D eigenvalue weighted by molar-refractivity contribution is 0.506. The molecule has 2 aromatic heterocycles. The molecule has 8 rings (SSSR count). The van der Waals surface area contributed by atoms with E-state index < -0.39 is 0 Å². The van der Waals surface area contributed by atoms with E-state index in [9.17, 15) is 0 Å². The van der Waals surface area contributed by atoms with E-state index in [4.69, 9.17) is 0 Å². The molecule has 2 aliphatic heterocycles. The van der Waals surface area contributed by atoms with Crippen LogP contribution in [0.3, 0.4) is 0 Å². The summed E-state index contributed by atoms with van der Waals surface area (Å²) in [6, 6.07) is 14.1. The molecule has 55 heavy (non-hydrogen) atoms. The Hall–Kier alpha value is -5.48. The second kappa shape index (κ2) is 16.1. The van der Waals surface area contributed by atoms with Crippen LogP contribution >= 0.6 is 0 Å². The summed E-state index contributed by atoms with van der Waals surface area (Å²) in [6.45, 7) is 12.8. The van der Waals surface area contributed by atoms with Gasteiger partial charge in [-0.05, 0) is 160 Å². The molecule has 3 unspecified atom stereocenters. The minimum Gasteiger partial charge on any atom is -0.387 e. The fraction of sp³-hybridized carbons (Fsp3) is 0.294. The number of aromatic nitrogens is 2. The Morgan fingerprint density at radius 2 is 1.38 bits per heavy atom. The van der Waals surface area contributed by atoms with Gasteiger partial charge in [-0.2, -0.15) is 0 Å². The first-order chi connectivity index (χ1) is 27.0. The summed E-state index contributed by atoms with van der Waals surface area (Å²) in [6.07, 6.45) is 41.8. The molecule has 4 nitrogen and oxygen atoms in total. The maximum atomic E-state index is 3.74. The largest absolute Gasteiger partial charge is 0.387 e. The molecule has 0 amide bonds. The van der Waals surface area contributed by atoms with Crippen molar-refractivity contribution < 1.29 is 0 Å². The molecular formula is C51H56N4. The summed E-state index contributed by atoms with van der Waals surface area (Å²) < 4.78 is 4.96. The maximum absolute atomic E-state index is 3.74. The van der Waals surface area contributed by atoms with Crippen LogP contribution in [0.25, 0.3) is 46.8 Å². The van der Waals surface area contributed by atoms with E-state index in [1.54, 1.807) is 0 Å². The lowest BCUT2D eigenvalue weighted by atomic mass is 9.83. The van der Waals surface area contributed by atoms with Crippen LogP contribution in [0.2, 0.25) is 0 Å². The molecule has 0 fully saturated rings. The Morgan fingerprint density at radius 1 is 0.709 bits per heavy atom. The summed E-state index contributed by atoms with van der Waals surface area (Å²) in [5, 5.41) is 7.24. The van der Waals surface area contributed by atoms with Gasteiger partial charge in [0.05, 0.1) is 22.8 Å². The first-order valence-electron chi connectivity index (χ1n) is 20.4. The third-order valence-corrected chi connectivity index (χ3v) is 12.0. The average Bonchev–Trinajstić information content (AvgIpc) is 3.72. The Balaban J connectivity index is 1.08. The number of nitrogens with zero attached hydrogens (tertiary/aromatic N) is 2. The highest BCUT2D eigenvalue weighted by Gasteiger charge is 2.29. The number of fused-ring (bicyclic) bond motifs is 6. The minimum atomic E-state index is 0.486. The topological polar surface area (TPSA) is 33.9 Å². The van der Waals surface area contributed by atoms with E-state index in [0.29, 0.717) is 17.8 Å². The van der Waals surface area contributed by atoms with Gasteiger partial charge in [-0.3, -0.25) is 0 Å². The molecule has 4 aromatic rings. The summed E-state index contributed by atoms with van der Waals surface area (Å²) >= 11 is 0. The second-order valence-corrected chi connectivity index (χ2v) is 15.7. The van der Waals surface area contributed by atoms with Crippen molar-refractivity contribution in [2.24, 2.45) is 17.8 Å². The molecular weight excluding hydrogens is 669 g/mol. The van der Waals surface area contributed by atoms with E-state index in [2.05, 4.69) is 188 Å². The number of nitrogens with one attached hydrogen (secondary N) is 2. The van der Waals surface area contributed by atoms with E-state index in [-0.39, 0.29) is 0 Å². The first-order valence-corrected chi connectivity index (χ1v) is 20.4. The molecule has 0 saturated carbocycles. The normalized spacial score (nSPS) is 18.9. The van der Waals surface area contributed by atoms with Gasteiger partial charge >= 0.3 is 0 Å². The third-order valence-electron chi connectivity index (χ3n) is 12.0. The smallest absolute Gasteiger partial charge is 0.0694 e. The molecule has 4 heteroatoms. The number of benzene rings is 2. The summed E-state index contributed by atoms with van der Waals surface area (Å²) in [5.74, 6) is 1.50.